The van der Waals surface area contributed by atoms with Crippen molar-refractivity contribution in [3.05, 3.63) is 75.8 Å². The fourth-order valence-electron chi connectivity index (χ4n) is 2.73. The Morgan fingerprint density at radius 3 is 2.36 bits per heavy atom. The molecule has 2 rings (SSSR count). The zero-order valence-corrected chi connectivity index (χ0v) is 13.9. The molecule has 1 unspecified atom stereocenters. The molecule has 0 aliphatic carbocycles. The van der Waals surface area contributed by atoms with Crippen LogP contribution in [0.25, 0.3) is 0 Å². The molecule has 0 bridgehead atoms. The molecule has 0 fully saturated rings. The SMILES string of the molecule is O=C(Cc1ccc([N+](=O)[O-])cc1)NCCC(CCO)c1ccccc1. The van der Waals surface area contributed by atoms with Crippen LogP contribution in [0, 0.1) is 10.1 Å². The normalized spacial score (nSPS) is 11.7. The third-order valence-electron chi connectivity index (χ3n) is 4.08. The second-order valence-corrected chi connectivity index (χ2v) is 5.86. The number of amides is 1. The Morgan fingerprint density at radius 1 is 1.08 bits per heavy atom. The van der Waals surface area contributed by atoms with E-state index in [9.17, 15) is 20.0 Å². The van der Waals surface area contributed by atoms with E-state index in [2.05, 4.69) is 5.32 Å². The van der Waals surface area contributed by atoms with Gasteiger partial charge < -0.3 is 10.4 Å². The lowest BCUT2D eigenvalue weighted by atomic mass is 9.93. The highest BCUT2D eigenvalue weighted by atomic mass is 16.6. The number of aliphatic hydroxyl groups excluding tert-OH is 1. The molecule has 0 saturated carbocycles. The molecule has 0 spiro atoms. The molecule has 0 saturated heterocycles. The Bertz CT molecular complexity index is 686. The van der Waals surface area contributed by atoms with Gasteiger partial charge in [-0.2, -0.15) is 0 Å². The third-order valence-corrected chi connectivity index (χ3v) is 4.08. The van der Waals surface area contributed by atoms with Gasteiger partial charge in [0.15, 0.2) is 0 Å². The number of nitrogens with zero attached hydrogens (tertiary/aromatic N) is 1. The number of nitrogens with one attached hydrogen (secondary N) is 1. The predicted molar refractivity (Wildman–Crippen MR) is 95.3 cm³/mol. The molecular weight excluding hydrogens is 320 g/mol. The van der Waals surface area contributed by atoms with E-state index in [1.54, 1.807) is 12.1 Å². The van der Waals surface area contributed by atoms with E-state index in [1.165, 1.54) is 12.1 Å². The summed E-state index contributed by atoms with van der Waals surface area (Å²) in [6.07, 6.45) is 1.59. The minimum absolute atomic E-state index is 0.0128. The molecule has 2 aromatic carbocycles. The summed E-state index contributed by atoms with van der Waals surface area (Å²) in [6, 6.07) is 15.9. The molecule has 0 radical (unpaired) electrons. The summed E-state index contributed by atoms with van der Waals surface area (Å²) in [4.78, 5) is 22.2. The van der Waals surface area contributed by atoms with Gasteiger partial charge in [-0.3, -0.25) is 14.9 Å². The van der Waals surface area contributed by atoms with Crippen molar-refractivity contribution in [1.29, 1.82) is 0 Å². The van der Waals surface area contributed by atoms with E-state index in [-0.39, 0.29) is 30.5 Å². The summed E-state index contributed by atoms with van der Waals surface area (Å²) in [6.45, 7) is 0.627. The van der Waals surface area contributed by atoms with Crippen molar-refractivity contribution in [2.45, 2.75) is 25.2 Å². The van der Waals surface area contributed by atoms with Crippen molar-refractivity contribution in [2.75, 3.05) is 13.2 Å². The van der Waals surface area contributed by atoms with Gasteiger partial charge in [0.25, 0.3) is 5.69 Å². The number of benzene rings is 2. The fraction of sp³-hybridized carbons (Fsp3) is 0.316. The minimum Gasteiger partial charge on any atom is -0.396 e. The van der Waals surface area contributed by atoms with Crippen molar-refractivity contribution in [1.82, 2.24) is 5.32 Å². The zero-order chi connectivity index (χ0) is 18.1. The highest BCUT2D eigenvalue weighted by Crippen LogP contribution is 2.22. The first-order chi connectivity index (χ1) is 12.1. The van der Waals surface area contributed by atoms with E-state index in [0.717, 1.165) is 17.5 Å². The van der Waals surface area contributed by atoms with Crippen LogP contribution in [-0.2, 0) is 11.2 Å². The van der Waals surface area contributed by atoms with Gasteiger partial charge >= 0.3 is 0 Å². The van der Waals surface area contributed by atoms with Crippen LogP contribution >= 0.6 is 0 Å². The van der Waals surface area contributed by atoms with Crippen molar-refractivity contribution in [3.63, 3.8) is 0 Å². The number of nitro groups is 1. The monoisotopic (exact) mass is 342 g/mol. The molecule has 1 atom stereocenters. The van der Waals surface area contributed by atoms with Crippen molar-refractivity contribution in [2.24, 2.45) is 0 Å². The average Bonchev–Trinajstić information content (AvgIpc) is 2.62. The molecule has 0 aromatic heterocycles. The summed E-state index contributed by atoms with van der Waals surface area (Å²) >= 11 is 0. The summed E-state index contributed by atoms with van der Waals surface area (Å²) < 4.78 is 0. The standard InChI is InChI=1S/C19H22N2O4/c22-13-11-17(16-4-2-1-3-5-16)10-12-20-19(23)14-15-6-8-18(9-7-15)21(24)25/h1-9,17,22H,10-14H2,(H,20,23). The van der Waals surface area contributed by atoms with Crippen molar-refractivity contribution >= 4 is 11.6 Å². The number of hydrogen-bond donors (Lipinski definition) is 2. The lowest BCUT2D eigenvalue weighted by Crippen LogP contribution is -2.27. The predicted octanol–water partition coefficient (Wildman–Crippen LogP) is 2.81. The summed E-state index contributed by atoms with van der Waals surface area (Å²) in [7, 11) is 0. The van der Waals surface area contributed by atoms with E-state index < -0.39 is 4.92 Å². The maximum atomic E-state index is 12.0. The van der Waals surface area contributed by atoms with Crippen LogP contribution in [0.4, 0.5) is 5.69 Å². The van der Waals surface area contributed by atoms with Gasteiger partial charge in [0.2, 0.25) is 5.91 Å². The quantitative estimate of drug-likeness (QED) is 0.541. The summed E-state index contributed by atoms with van der Waals surface area (Å²) in [5.41, 5.74) is 1.90. The van der Waals surface area contributed by atoms with Gasteiger partial charge in [0, 0.05) is 25.3 Å². The van der Waals surface area contributed by atoms with Gasteiger partial charge in [-0.1, -0.05) is 42.5 Å². The highest BCUT2D eigenvalue weighted by molar-refractivity contribution is 5.78. The first-order valence-corrected chi connectivity index (χ1v) is 8.26. The van der Waals surface area contributed by atoms with Gasteiger partial charge in [0.05, 0.1) is 11.3 Å². The summed E-state index contributed by atoms with van der Waals surface area (Å²) in [5, 5.41) is 22.7. The maximum Gasteiger partial charge on any atom is 0.269 e. The maximum absolute atomic E-state index is 12.0. The number of aliphatic hydroxyl groups is 1. The van der Waals surface area contributed by atoms with E-state index in [1.807, 2.05) is 30.3 Å². The van der Waals surface area contributed by atoms with E-state index in [0.29, 0.717) is 13.0 Å². The highest BCUT2D eigenvalue weighted by Gasteiger charge is 2.12. The van der Waals surface area contributed by atoms with Crippen LogP contribution in [0.2, 0.25) is 0 Å². The molecule has 6 nitrogen and oxygen atoms in total. The second-order valence-electron chi connectivity index (χ2n) is 5.86. The summed E-state index contributed by atoms with van der Waals surface area (Å²) in [5.74, 6) is 0.0792. The van der Waals surface area contributed by atoms with Crippen molar-refractivity contribution < 1.29 is 14.8 Å². The van der Waals surface area contributed by atoms with Crippen LogP contribution in [0.1, 0.15) is 29.9 Å². The largest absolute Gasteiger partial charge is 0.396 e. The molecule has 0 aliphatic rings. The van der Waals surface area contributed by atoms with E-state index >= 15 is 0 Å². The topological polar surface area (TPSA) is 92.5 Å². The fourth-order valence-corrected chi connectivity index (χ4v) is 2.73. The van der Waals surface area contributed by atoms with Gasteiger partial charge in [0.1, 0.15) is 0 Å². The zero-order valence-electron chi connectivity index (χ0n) is 13.9. The first-order valence-electron chi connectivity index (χ1n) is 8.26. The Morgan fingerprint density at radius 2 is 1.76 bits per heavy atom. The van der Waals surface area contributed by atoms with Crippen LogP contribution in [0.5, 0.6) is 0 Å². The molecular formula is C19H22N2O4. The molecule has 0 heterocycles. The molecule has 6 heteroatoms. The third kappa shape index (κ3) is 6.00. The Hall–Kier alpha value is -2.73. The minimum atomic E-state index is -0.464. The van der Waals surface area contributed by atoms with Gasteiger partial charge in [-0.15, -0.1) is 0 Å². The van der Waals surface area contributed by atoms with E-state index in [4.69, 9.17) is 0 Å². The molecule has 25 heavy (non-hydrogen) atoms. The van der Waals surface area contributed by atoms with Gasteiger partial charge in [-0.05, 0) is 29.9 Å². The Kier molecular flexibility index (Phi) is 7.10. The number of carbonyl (C=O) groups is 1. The van der Waals surface area contributed by atoms with Crippen LogP contribution in [0.15, 0.2) is 54.6 Å². The molecule has 2 N–H and O–H groups in total. The smallest absolute Gasteiger partial charge is 0.269 e. The lowest BCUT2D eigenvalue weighted by Gasteiger charge is -2.16. The van der Waals surface area contributed by atoms with Crippen LogP contribution in [-0.4, -0.2) is 29.1 Å². The Balaban J connectivity index is 1.81. The number of nitro benzene ring substituents is 1. The van der Waals surface area contributed by atoms with Gasteiger partial charge in [-0.25, -0.2) is 0 Å². The lowest BCUT2D eigenvalue weighted by molar-refractivity contribution is -0.384. The van der Waals surface area contributed by atoms with Crippen LogP contribution in [0.3, 0.4) is 0 Å². The van der Waals surface area contributed by atoms with Crippen LogP contribution < -0.4 is 5.32 Å². The number of hydrogen-bond acceptors (Lipinski definition) is 4. The molecule has 132 valence electrons. The number of non-ortho nitro benzene ring substituents is 1. The average molecular weight is 342 g/mol. The molecule has 1 amide bonds. The Labute approximate surface area is 146 Å². The number of carbonyl (C=O) groups excluding carboxylic acids is 1. The second kappa shape index (κ2) is 9.54. The molecule has 2 aromatic rings. The first kappa shape index (κ1) is 18.6. The van der Waals surface area contributed by atoms with Crippen molar-refractivity contribution in [3.8, 4) is 0 Å². The molecule has 0 aliphatic heterocycles. The number of rotatable bonds is 9.